The summed E-state index contributed by atoms with van der Waals surface area (Å²) in [5, 5.41) is 5.17. The fourth-order valence-corrected chi connectivity index (χ4v) is 6.68. The molecule has 0 fully saturated rings. The second-order valence-electron chi connectivity index (χ2n) is 11.0. The van der Waals surface area contributed by atoms with Crippen molar-refractivity contribution in [3.05, 3.63) is 139 Å². The zero-order valence-corrected chi connectivity index (χ0v) is 21.6. The van der Waals surface area contributed by atoms with Gasteiger partial charge in [-0.15, -0.1) is 0 Å². The van der Waals surface area contributed by atoms with Gasteiger partial charge in [0.15, 0.2) is 0 Å². The van der Waals surface area contributed by atoms with Crippen LogP contribution >= 0.6 is 0 Å². The zero-order valence-electron chi connectivity index (χ0n) is 21.6. The molecule has 1 aromatic heterocycles. The Morgan fingerprint density at radius 3 is 2.00 bits per heavy atom. The number of aromatic nitrogens is 1. The van der Waals surface area contributed by atoms with Crippen LogP contribution in [0.15, 0.2) is 127 Å². The lowest BCUT2D eigenvalue weighted by Gasteiger charge is -2.34. The molecule has 0 saturated heterocycles. The van der Waals surface area contributed by atoms with Crippen LogP contribution in [0.2, 0.25) is 0 Å². The van der Waals surface area contributed by atoms with Crippen LogP contribution in [-0.2, 0) is 5.41 Å². The van der Waals surface area contributed by atoms with Crippen molar-refractivity contribution in [2.75, 3.05) is 0 Å². The summed E-state index contributed by atoms with van der Waals surface area (Å²) in [6, 6.07) is 46.9. The molecular formula is C37H27N. The highest BCUT2D eigenvalue weighted by Gasteiger charge is 2.34. The van der Waals surface area contributed by atoms with E-state index in [1.165, 1.54) is 71.6 Å². The van der Waals surface area contributed by atoms with Crippen molar-refractivity contribution in [3.63, 3.8) is 0 Å². The third kappa shape index (κ3) is 2.87. The maximum atomic E-state index is 2.49. The molecule has 1 aliphatic rings. The van der Waals surface area contributed by atoms with Crippen LogP contribution in [0.5, 0.6) is 0 Å². The minimum atomic E-state index is -0.0496. The van der Waals surface area contributed by atoms with Gasteiger partial charge in [0.05, 0.1) is 16.7 Å². The number of rotatable bonds is 2. The van der Waals surface area contributed by atoms with Gasteiger partial charge in [-0.3, -0.25) is 0 Å². The van der Waals surface area contributed by atoms with E-state index in [4.69, 9.17) is 0 Å². The molecule has 0 spiro atoms. The first-order chi connectivity index (χ1) is 18.6. The lowest BCUT2D eigenvalue weighted by Crippen LogP contribution is -2.26. The average molecular weight is 486 g/mol. The lowest BCUT2D eigenvalue weighted by molar-refractivity contribution is 0.630. The van der Waals surface area contributed by atoms with E-state index < -0.39 is 0 Å². The molecule has 0 aliphatic carbocycles. The molecule has 0 atom stereocenters. The highest BCUT2D eigenvalue weighted by atomic mass is 15.0. The predicted molar refractivity (Wildman–Crippen MR) is 161 cm³/mol. The molecule has 0 saturated carbocycles. The topological polar surface area (TPSA) is 4.93 Å². The molecule has 8 rings (SSSR count). The molecule has 0 radical (unpaired) electrons. The van der Waals surface area contributed by atoms with Gasteiger partial charge in [-0.1, -0.05) is 117 Å². The Morgan fingerprint density at radius 1 is 0.500 bits per heavy atom. The van der Waals surface area contributed by atoms with E-state index in [-0.39, 0.29) is 5.41 Å². The molecule has 2 heterocycles. The van der Waals surface area contributed by atoms with Crippen molar-refractivity contribution in [2.24, 2.45) is 0 Å². The Hall–Kier alpha value is -4.62. The highest BCUT2D eigenvalue weighted by Crippen LogP contribution is 2.48. The van der Waals surface area contributed by atoms with Gasteiger partial charge in [0, 0.05) is 16.2 Å². The normalized spacial score (nSPS) is 13.7. The van der Waals surface area contributed by atoms with E-state index in [1.807, 2.05) is 0 Å². The molecular weight excluding hydrogens is 458 g/mol. The summed E-state index contributed by atoms with van der Waals surface area (Å²) >= 11 is 0. The molecule has 7 aromatic rings. The standard InChI is InChI=1S/C37H27N/c1-37(2)32-15-7-8-17-35(32)38-34-21-20-27(23-31(34)30-14-9-16-33(37)36(30)38)29-13-6-5-12-28(29)26-19-18-24-10-3-4-11-25(24)22-26/h3-23H,1-2H3. The van der Waals surface area contributed by atoms with Crippen LogP contribution in [0.1, 0.15) is 25.0 Å². The largest absolute Gasteiger partial charge is 0.309 e. The molecule has 0 N–H and O–H groups in total. The SMILES string of the molecule is CC1(C)c2ccccc2-n2c3ccc(-c4ccccc4-c4ccc5ccccc5c4)cc3c3cccc1c32. The summed E-state index contributed by atoms with van der Waals surface area (Å²) in [5.74, 6) is 0. The van der Waals surface area contributed by atoms with Gasteiger partial charge in [-0.05, 0) is 68.4 Å². The monoisotopic (exact) mass is 485 g/mol. The maximum Gasteiger partial charge on any atom is 0.0582 e. The van der Waals surface area contributed by atoms with E-state index in [2.05, 4.69) is 146 Å². The smallest absolute Gasteiger partial charge is 0.0582 e. The quantitative estimate of drug-likeness (QED) is 0.230. The van der Waals surface area contributed by atoms with E-state index in [0.29, 0.717) is 0 Å². The molecule has 38 heavy (non-hydrogen) atoms. The molecule has 0 unspecified atom stereocenters. The molecule has 0 bridgehead atoms. The minimum absolute atomic E-state index is 0.0496. The Labute approximate surface area is 222 Å². The van der Waals surface area contributed by atoms with Gasteiger partial charge in [0.2, 0.25) is 0 Å². The molecule has 6 aromatic carbocycles. The first kappa shape index (κ1) is 21.5. The molecule has 1 heteroatoms. The molecule has 1 aliphatic heterocycles. The maximum absolute atomic E-state index is 2.49. The number of benzene rings is 6. The van der Waals surface area contributed by atoms with Gasteiger partial charge in [0.25, 0.3) is 0 Å². The fraction of sp³-hybridized carbons (Fsp3) is 0.0811. The van der Waals surface area contributed by atoms with Crippen molar-refractivity contribution in [1.29, 1.82) is 0 Å². The minimum Gasteiger partial charge on any atom is -0.309 e. The van der Waals surface area contributed by atoms with Crippen LogP contribution < -0.4 is 0 Å². The fourth-order valence-electron chi connectivity index (χ4n) is 6.68. The Kier molecular flexibility index (Phi) is 4.35. The third-order valence-electron chi connectivity index (χ3n) is 8.58. The summed E-state index contributed by atoms with van der Waals surface area (Å²) in [5.41, 5.74) is 11.6. The van der Waals surface area contributed by atoms with E-state index in [0.717, 1.165) is 0 Å². The van der Waals surface area contributed by atoms with Crippen molar-refractivity contribution < 1.29 is 0 Å². The second-order valence-corrected chi connectivity index (χ2v) is 11.0. The van der Waals surface area contributed by atoms with Crippen LogP contribution in [0.25, 0.3) is 60.5 Å². The predicted octanol–water partition coefficient (Wildman–Crippen LogP) is 9.91. The van der Waals surface area contributed by atoms with E-state index >= 15 is 0 Å². The van der Waals surface area contributed by atoms with Crippen LogP contribution in [0, 0.1) is 0 Å². The second kappa shape index (κ2) is 7.69. The Morgan fingerprint density at radius 2 is 1.16 bits per heavy atom. The third-order valence-corrected chi connectivity index (χ3v) is 8.58. The summed E-state index contributed by atoms with van der Waals surface area (Å²) in [4.78, 5) is 0. The van der Waals surface area contributed by atoms with Crippen molar-refractivity contribution in [2.45, 2.75) is 19.3 Å². The van der Waals surface area contributed by atoms with Crippen molar-refractivity contribution >= 4 is 32.6 Å². The zero-order chi connectivity index (χ0) is 25.4. The van der Waals surface area contributed by atoms with Gasteiger partial charge < -0.3 is 4.57 Å². The van der Waals surface area contributed by atoms with Crippen LogP contribution in [-0.4, -0.2) is 4.57 Å². The first-order valence-electron chi connectivity index (χ1n) is 13.4. The summed E-state index contributed by atoms with van der Waals surface area (Å²) in [7, 11) is 0. The number of hydrogen-bond acceptors (Lipinski definition) is 0. The number of para-hydroxylation sites is 2. The van der Waals surface area contributed by atoms with E-state index in [1.54, 1.807) is 0 Å². The number of nitrogens with zero attached hydrogens (tertiary/aromatic N) is 1. The van der Waals surface area contributed by atoms with E-state index in [9.17, 15) is 0 Å². The Balaban J connectivity index is 1.39. The first-order valence-corrected chi connectivity index (χ1v) is 13.4. The van der Waals surface area contributed by atoms with Crippen molar-refractivity contribution in [3.8, 4) is 27.9 Å². The van der Waals surface area contributed by atoms with Gasteiger partial charge in [0.1, 0.15) is 0 Å². The Bertz CT molecular complexity index is 2050. The highest BCUT2D eigenvalue weighted by molar-refractivity contribution is 6.13. The molecule has 0 amide bonds. The summed E-state index contributed by atoms with van der Waals surface area (Å²) in [6.45, 7) is 4.71. The van der Waals surface area contributed by atoms with Crippen LogP contribution in [0.3, 0.4) is 0 Å². The van der Waals surface area contributed by atoms with Gasteiger partial charge in [-0.2, -0.15) is 0 Å². The summed E-state index contributed by atoms with van der Waals surface area (Å²) in [6.07, 6.45) is 0. The van der Waals surface area contributed by atoms with Crippen molar-refractivity contribution in [1.82, 2.24) is 4.57 Å². The number of hydrogen-bond donors (Lipinski definition) is 0. The molecule has 180 valence electrons. The molecule has 1 nitrogen and oxygen atoms in total. The van der Waals surface area contributed by atoms with Gasteiger partial charge >= 0.3 is 0 Å². The van der Waals surface area contributed by atoms with Gasteiger partial charge in [-0.25, -0.2) is 0 Å². The number of fused-ring (bicyclic) bond motifs is 6. The average Bonchev–Trinajstić information content (AvgIpc) is 3.30. The van der Waals surface area contributed by atoms with Crippen LogP contribution in [0.4, 0.5) is 0 Å². The lowest BCUT2D eigenvalue weighted by atomic mass is 9.75. The summed E-state index contributed by atoms with van der Waals surface area (Å²) < 4.78 is 2.49.